The molecule has 4 heterocycles. The number of hydrogen-bond acceptors (Lipinski definition) is 12. The van der Waals surface area contributed by atoms with E-state index in [0.717, 1.165) is 22.2 Å². The van der Waals surface area contributed by atoms with Gasteiger partial charge in [-0.1, -0.05) is 31.1 Å². The van der Waals surface area contributed by atoms with Gasteiger partial charge in [0, 0.05) is 68.9 Å². The van der Waals surface area contributed by atoms with Gasteiger partial charge in [0.25, 0.3) is 6.01 Å². The van der Waals surface area contributed by atoms with Gasteiger partial charge in [-0.25, -0.2) is 9.71 Å². The number of fused-ring (bicyclic) bond motifs is 3. The van der Waals surface area contributed by atoms with E-state index >= 15 is 0 Å². The first-order valence-corrected chi connectivity index (χ1v) is 23.2. The summed E-state index contributed by atoms with van der Waals surface area (Å²) < 4.78 is 42.9. The minimum Gasteiger partial charge on any atom is -0.460 e. The summed E-state index contributed by atoms with van der Waals surface area (Å²) in [5.41, 5.74) is -0.451. The number of aryl methyl sites for hydroxylation is 1. The van der Waals surface area contributed by atoms with Crippen LogP contribution < -0.4 is 9.46 Å². The van der Waals surface area contributed by atoms with Gasteiger partial charge in [-0.05, 0) is 78.4 Å². The van der Waals surface area contributed by atoms with Gasteiger partial charge in [-0.2, -0.15) is 17.7 Å². The predicted molar refractivity (Wildman–Crippen MR) is 227 cm³/mol. The number of carbonyl (C=O) groups is 5. The molecule has 1 N–H and O–H groups in total. The molecule has 15 nitrogen and oxygen atoms in total. The molecule has 0 unspecified atom stereocenters. The predicted octanol–water partition coefficient (Wildman–Crippen LogP) is 5.99. The largest absolute Gasteiger partial charge is 0.460 e. The van der Waals surface area contributed by atoms with Gasteiger partial charge in [0.15, 0.2) is 11.6 Å². The number of thiazole rings is 1. The van der Waals surface area contributed by atoms with Gasteiger partial charge >= 0.3 is 16.2 Å². The molecule has 2 aliphatic heterocycles. The number of ether oxygens (including phenoxy) is 2. The lowest BCUT2D eigenvalue weighted by molar-refractivity contribution is -0.159. The van der Waals surface area contributed by atoms with Crippen LogP contribution in [0.15, 0.2) is 41.9 Å². The number of carbonyl (C=O) groups excluding carboxylic acids is 5. The van der Waals surface area contributed by atoms with Crippen molar-refractivity contribution < 1.29 is 41.9 Å². The van der Waals surface area contributed by atoms with Crippen LogP contribution in [0.1, 0.15) is 120 Å². The highest BCUT2D eigenvalue weighted by molar-refractivity contribution is 7.87. The van der Waals surface area contributed by atoms with Crippen LogP contribution in [0.5, 0.6) is 6.01 Å². The summed E-state index contributed by atoms with van der Waals surface area (Å²) in [7, 11) is -1.53. The van der Waals surface area contributed by atoms with Crippen molar-refractivity contribution in [2.75, 3.05) is 20.6 Å². The van der Waals surface area contributed by atoms with Crippen molar-refractivity contribution in [2.45, 2.75) is 129 Å². The highest BCUT2D eigenvalue weighted by atomic mass is 32.2. The van der Waals surface area contributed by atoms with Crippen molar-refractivity contribution >= 4 is 61.9 Å². The summed E-state index contributed by atoms with van der Waals surface area (Å²) in [5, 5.41) is 2.74. The number of aromatic nitrogens is 3. The third-order valence-electron chi connectivity index (χ3n) is 11.5. The molecule has 0 bridgehead atoms. The molecule has 1 saturated heterocycles. The molecule has 1 aliphatic carbocycles. The number of amides is 2. The third kappa shape index (κ3) is 10.3. The van der Waals surface area contributed by atoms with Gasteiger partial charge in [-0.15, -0.1) is 11.3 Å². The molecule has 0 spiro atoms. The Balaban J connectivity index is 1.33. The zero-order valence-corrected chi connectivity index (χ0v) is 37.3. The number of ketones is 2. The van der Waals surface area contributed by atoms with Gasteiger partial charge in [0.2, 0.25) is 11.8 Å². The van der Waals surface area contributed by atoms with Gasteiger partial charge in [0.1, 0.15) is 17.2 Å². The quantitative estimate of drug-likeness (QED) is 0.128. The van der Waals surface area contributed by atoms with E-state index in [-0.39, 0.29) is 68.3 Å². The number of hydrogen-bond donors (Lipinski definition) is 1. The number of rotatable bonds is 12. The van der Waals surface area contributed by atoms with E-state index in [9.17, 15) is 32.4 Å². The Morgan fingerprint density at radius 3 is 2.57 bits per heavy atom. The van der Waals surface area contributed by atoms with Crippen LogP contribution in [0, 0.1) is 17.3 Å². The lowest BCUT2D eigenvalue weighted by Crippen LogP contribution is -2.47. The number of para-hydroxylation sites is 1. The van der Waals surface area contributed by atoms with Crippen molar-refractivity contribution in [3.8, 4) is 6.01 Å². The third-order valence-corrected chi connectivity index (χ3v) is 13.7. The number of benzene rings is 1. The van der Waals surface area contributed by atoms with Crippen LogP contribution in [-0.2, 0) is 40.5 Å². The van der Waals surface area contributed by atoms with Crippen molar-refractivity contribution in [1.82, 2.24) is 28.5 Å². The maximum absolute atomic E-state index is 14.7. The van der Waals surface area contributed by atoms with Crippen molar-refractivity contribution in [2.24, 2.45) is 17.3 Å². The molecule has 326 valence electrons. The lowest BCUT2D eigenvalue weighted by atomic mass is 9.90. The Morgan fingerprint density at radius 2 is 1.88 bits per heavy atom. The smallest absolute Gasteiger partial charge is 0.307 e. The molecule has 17 heteroatoms. The molecule has 6 rings (SSSR count). The van der Waals surface area contributed by atoms with Gasteiger partial charge in [-0.3, -0.25) is 28.5 Å². The van der Waals surface area contributed by atoms with E-state index in [4.69, 9.17) is 14.5 Å². The minimum atomic E-state index is -4.15. The zero-order valence-electron chi connectivity index (χ0n) is 35.6. The Labute approximate surface area is 356 Å². The highest BCUT2D eigenvalue weighted by Crippen LogP contribution is 2.57. The van der Waals surface area contributed by atoms with E-state index in [1.165, 1.54) is 30.3 Å². The van der Waals surface area contributed by atoms with Crippen LogP contribution in [0.4, 0.5) is 0 Å². The van der Waals surface area contributed by atoms with Crippen LogP contribution in [0.3, 0.4) is 0 Å². The first-order chi connectivity index (χ1) is 28.3. The fourth-order valence-corrected chi connectivity index (χ4v) is 9.55. The van der Waals surface area contributed by atoms with Crippen molar-refractivity contribution in [3.63, 3.8) is 0 Å². The first kappa shape index (κ1) is 45.1. The molecule has 2 fully saturated rings. The summed E-state index contributed by atoms with van der Waals surface area (Å²) in [6, 6.07) is 4.49. The Morgan fingerprint density at radius 1 is 1.12 bits per heavy atom. The summed E-state index contributed by atoms with van der Waals surface area (Å²) in [6.45, 7) is 9.24. The summed E-state index contributed by atoms with van der Waals surface area (Å²) in [6.07, 6.45) is 8.87. The zero-order chi connectivity index (χ0) is 43.6. The minimum absolute atomic E-state index is 0.00149. The Kier molecular flexibility index (Phi) is 13.7. The van der Waals surface area contributed by atoms with E-state index in [2.05, 4.69) is 9.71 Å². The van der Waals surface area contributed by atoms with Crippen molar-refractivity contribution in [1.29, 1.82) is 0 Å². The lowest BCUT2D eigenvalue weighted by Gasteiger charge is -2.29. The second-order valence-corrected chi connectivity index (χ2v) is 20.6. The van der Waals surface area contributed by atoms with Gasteiger partial charge in [0.05, 0.1) is 34.9 Å². The second kappa shape index (κ2) is 18.2. The van der Waals surface area contributed by atoms with E-state index < -0.39 is 56.9 Å². The van der Waals surface area contributed by atoms with E-state index in [0.29, 0.717) is 42.3 Å². The Hall–Kier alpha value is -4.48. The number of Topliss-reactive ketones (excluding diaryl/α,β-unsaturated/α-hetero) is 2. The van der Waals surface area contributed by atoms with Crippen LogP contribution in [0.2, 0.25) is 0 Å². The number of imidazole rings is 1. The molecule has 2 aromatic heterocycles. The summed E-state index contributed by atoms with van der Waals surface area (Å²) in [4.78, 5) is 80.7. The Bertz CT molecular complexity index is 2230. The van der Waals surface area contributed by atoms with E-state index in [1.807, 2.05) is 48.1 Å². The summed E-state index contributed by atoms with van der Waals surface area (Å²) >= 11 is 1.50. The molecule has 3 aliphatic rings. The van der Waals surface area contributed by atoms with Crippen LogP contribution >= 0.6 is 11.3 Å². The topological polar surface area (TPSA) is 187 Å². The molecule has 2 amide bonds. The fraction of sp³-hybridized carbons (Fsp3) is 0.605. The molecule has 0 radical (unpaired) electrons. The molecule has 1 saturated carbocycles. The van der Waals surface area contributed by atoms with Crippen LogP contribution in [-0.4, -0.2) is 99.9 Å². The maximum atomic E-state index is 14.7. The van der Waals surface area contributed by atoms with Crippen LogP contribution in [0.25, 0.3) is 11.0 Å². The van der Waals surface area contributed by atoms with Crippen molar-refractivity contribution in [3.05, 3.63) is 52.5 Å². The average Bonchev–Trinajstić information content (AvgIpc) is 3.55. The monoisotopic (exact) mass is 866 g/mol. The number of nitrogens with one attached hydrogen (secondary N) is 1. The molecular weight excluding hydrogens is 809 g/mol. The molecule has 3 aromatic rings. The highest BCUT2D eigenvalue weighted by Gasteiger charge is 2.61. The summed E-state index contributed by atoms with van der Waals surface area (Å²) in [5.74, 6) is -3.30. The van der Waals surface area contributed by atoms with E-state index in [1.54, 1.807) is 33.0 Å². The van der Waals surface area contributed by atoms with Gasteiger partial charge < -0.3 is 14.4 Å². The normalized spacial score (nSPS) is 24.7. The molecule has 1 aromatic carbocycles. The number of nitrogens with zero attached hydrogens (tertiary/aromatic N) is 5. The maximum Gasteiger partial charge on any atom is 0.307 e. The fourth-order valence-electron chi connectivity index (χ4n) is 8.31. The average molecular weight is 867 g/mol. The first-order valence-electron chi connectivity index (χ1n) is 20.8. The number of allylic oxidation sites excluding steroid dienone is 2. The SMILES string of the molecule is CC(C)n1c(O[C@@H]2C[C@H]3C(=O)C[C@]4(C(=O)NS(=O)(=O)N(C)C)C[C@H]4/C=C\CCCCC[C@H](CC(=O)OC(C)(C)C)C(=O)N3C2)nc2c(C(=O)CCc3nccs3)cccc21. The standard InChI is InChI=1S/C43H58N6O9S2/c1-27(2)49-32-17-13-16-31(34(50)18-19-36-44-20-21-59-36)38(32)45-41(49)57-30-23-33-35(51)25-43(40(54)46-60(55,56)47(6)7)24-29(43)15-12-10-8-9-11-14-28(39(53)48(33)26-30)22-37(52)58-42(3,4)5/h12-13,15-17,20-21,27-30,33H,8-11,14,18-19,22-26H2,1-7H3,(H,46,54)/b15-12-/t28-,29-,30-,33+,43-/m1/s1. The second-order valence-electron chi connectivity index (χ2n) is 17.7. The molecule has 60 heavy (non-hydrogen) atoms. The molecule has 5 atom stereocenters. The molecular formula is C43H58N6O9S2. The number of esters is 1.